The first-order chi connectivity index (χ1) is 7.47. The summed E-state index contributed by atoms with van der Waals surface area (Å²) in [5.41, 5.74) is 0.716. The third-order valence-corrected chi connectivity index (χ3v) is 3.51. The van der Waals surface area contributed by atoms with Crippen LogP contribution in [0.2, 0.25) is 0 Å². The molecule has 0 bridgehead atoms. The van der Waals surface area contributed by atoms with Gasteiger partial charge in [0.25, 0.3) is 0 Å². The second-order valence-electron chi connectivity index (χ2n) is 3.29. The highest BCUT2D eigenvalue weighted by atomic mass is 35.5. The van der Waals surface area contributed by atoms with E-state index >= 15 is 0 Å². The van der Waals surface area contributed by atoms with Gasteiger partial charge in [-0.2, -0.15) is 13.2 Å². The quantitative estimate of drug-likeness (QED) is 0.748. The van der Waals surface area contributed by atoms with Crippen molar-refractivity contribution in [2.24, 2.45) is 0 Å². The molecule has 0 fully saturated rings. The number of alkyl halides is 4. The molecule has 16 heavy (non-hydrogen) atoms. The smallest absolute Gasteiger partial charge is 0.241 e. The molecule has 0 radical (unpaired) electrons. The molecule has 1 unspecified atom stereocenters. The highest BCUT2D eigenvalue weighted by Gasteiger charge is 2.38. The lowest BCUT2D eigenvalue weighted by Gasteiger charge is -2.11. The van der Waals surface area contributed by atoms with Gasteiger partial charge in [-0.3, -0.25) is 0 Å². The van der Waals surface area contributed by atoms with Gasteiger partial charge in [-0.1, -0.05) is 12.1 Å². The van der Waals surface area contributed by atoms with Crippen LogP contribution >= 0.6 is 22.9 Å². The number of hydrogen-bond acceptors (Lipinski definition) is 2. The summed E-state index contributed by atoms with van der Waals surface area (Å²) in [7, 11) is 0. The number of benzene rings is 1. The van der Waals surface area contributed by atoms with Gasteiger partial charge in [0.05, 0.1) is 15.2 Å². The Kier molecular flexibility index (Phi) is 3.08. The minimum absolute atomic E-state index is 0.273. The number of para-hydroxylation sites is 1. The molecule has 86 valence electrons. The number of nitrogens with zero attached hydrogens (tertiary/aromatic N) is 1. The molecule has 0 aliphatic carbocycles. The summed E-state index contributed by atoms with van der Waals surface area (Å²) in [4.78, 5) is 4.10. The molecule has 0 aliphatic rings. The molecule has 6 heteroatoms. The monoisotopic (exact) mass is 265 g/mol. The Bertz CT molecular complexity index is 461. The summed E-state index contributed by atoms with van der Waals surface area (Å²) in [6, 6.07) is 7.22. The third kappa shape index (κ3) is 2.47. The van der Waals surface area contributed by atoms with Crippen LogP contribution < -0.4 is 0 Å². The topological polar surface area (TPSA) is 12.9 Å². The molecule has 1 atom stereocenters. The number of fused-ring (bicyclic) bond motifs is 1. The van der Waals surface area contributed by atoms with E-state index in [-0.39, 0.29) is 6.42 Å². The molecule has 1 nitrogen and oxygen atoms in total. The zero-order valence-electron chi connectivity index (χ0n) is 7.96. The van der Waals surface area contributed by atoms with Crippen molar-refractivity contribution in [1.29, 1.82) is 0 Å². The fourth-order valence-electron chi connectivity index (χ4n) is 1.28. The number of hydrogen-bond donors (Lipinski definition) is 0. The average Bonchev–Trinajstić information content (AvgIpc) is 2.58. The van der Waals surface area contributed by atoms with Gasteiger partial charge in [-0.15, -0.1) is 22.9 Å². The molecular formula is C10H7ClF3NS. The highest BCUT2D eigenvalue weighted by Crippen LogP contribution is 2.30. The maximum Gasteiger partial charge on any atom is 0.405 e. The third-order valence-electron chi connectivity index (χ3n) is 2.05. The van der Waals surface area contributed by atoms with E-state index in [0.29, 0.717) is 10.5 Å². The van der Waals surface area contributed by atoms with E-state index in [2.05, 4.69) is 4.98 Å². The van der Waals surface area contributed by atoms with E-state index in [9.17, 15) is 13.2 Å². The van der Waals surface area contributed by atoms with Crippen molar-refractivity contribution in [2.75, 3.05) is 0 Å². The van der Waals surface area contributed by atoms with Crippen LogP contribution in [0.15, 0.2) is 24.3 Å². The highest BCUT2D eigenvalue weighted by molar-refractivity contribution is 7.18. The summed E-state index contributed by atoms with van der Waals surface area (Å²) < 4.78 is 37.6. The molecule has 2 aromatic rings. The SMILES string of the molecule is FC(F)(F)C(Cl)Cc1nc2ccccc2s1. The molecule has 0 saturated heterocycles. The Balaban J connectivity index is 2.22. The molecule has 0 saturated carbocycles. The van der Waals surface area contributed by atoms with Gasteiger partial charge >= 0.3 is 6.18 Å². The molecule has 1 aromatic heterocycles. The van der Waals surface area contributed by atoms with E-state index in [1.807, 2.05) is 12.1 Å². The Morgan fingerprint density at radius 3 is 2.62 bits per heavy atom. The Hall–Kier alpha value is -0.810. The first-order valence-electron chi connectivity index (χ1n) is 4.52. The Morgan fingerprint density at radius 2 is 2.00 bits per heavy atom. The average molecular weight is 266 g/mol. The van der Waals surface area contributed by atoms with Crippen LogP contribution in [0.5, 0.6) is 0 Å². The molecule has 1 heterocycles. The first-order valence-corrected chi connectivity index (χ1v) is 5.77. The van der Waals surface area contributed by atoms with Crippen LogP contribution in [0.3, 0.4) is 0 Å². The summed E-state index contributed by atoms with van der Waals surface area (Å²) in [5, 5.41) is -1.45. The molecule has 0 spiro atoms. The zero-order valence-corrected chi connectivity index (χ0v) is 9.53. The van der Waals surface area contributed by atoms with Gasteiger partial charge in [0.1, 0.15) is 5.38 Å². The summed E-state index contributed by atoms with van der Waals surface area (Å²) >= 11 is 6.51. The molecular weight excluding hydrogens is 259 g/mol. The molecule has 0 N–H and O–H groups in total. The lowest BCUT2D eigenvalue weighted by Crippen LogP contribution is -2.25. The van der Waals surface area contributed by atoms with Crippen LogP contribution in [-0.4, -0.2) is 16.5 Å². The summed E-state index contributed by atoms with van der Waals surface area (Å²) in [5.74, 6) is 0. The number of rotatable bonds is 2. The van der Waals surface area contributed by atoms with Crippen molar-refractivity contribution in [1.82, 2.24) is 4.98 Å². The Labute approximate surface area is 98.9 Å². The predicted octanol–water partition coefficient (Wildman–Crippen LogP) is 4.01. The van der Waals surface area contributed by atoms with E-state index in [4.69, 9.17) is 11.6 Å². The molecule has 0 aliphatic heterocycles. The maximum atomic E-state index is 12.2. The molecule has 2 rings (SSSR count). The minimum atomic E-state index is -4.38. The van der Waals surface area contributed by atoms with Crippen molar-refractivity contribution in [3.63, 3.8) is 0 Å². The van der Waals surface area contributed by atoms with E-state index < -0.39 is 11.6 Å². The fourth-order valence-corrected chi connectivity index (χ4v) is 2.53. The van der Waals surface area contributed by atoms with Crippen LogP contribution in [0.1, 0.15) is 5.01 Å². The van der Waals surface area contributed by atoms with Crippen molar-refractivity contribution < 1.29 is 13.2 Å². The second-order valence-corrected chi connectivity index (χ2v) is 4.93. The van der Waals surface area contributed by atoms with Crippen LogP contribution in [0.25, 0.3) is 10.2 Å². The zero-order chi connectivity index (χ0) is 11.8. The number of thiazole rings is 1. The van der Waals surface area contributed by atoms with Crippen LogP contribution in [-0.2, 0) is 6.42 Å². The number of halogens is 4. The van der Waals surface area contributed by atoms with Gasteiger partial charge < -0.3 is 0 Å². The van der Waals surface area contributed by atoms with E-state index in [0.717, 1.165) is 4.70 Å². The summed E-state index contributed by atoms with van der Waals surface area (Å²) in [6.45, 7) is 0. The summed E-state index contributed by atoms with van der Waals surface area (Å²) in [6.07, 6.45) is -4.65. The first kappa shape index (κ1) is 11.7. The van der Waals surface area contributed by atoms with Crippen molar-refractivity contribution in [2.45, 2.75) is 18.0 Å². The number of aromatic nitrogens is 1. The minimum Gasteiger partial charge on any atom is -0.241 e. The molecule has 1 aromatic carbocycles. The maximum absolute atomic E-state index is 12.2. The van der Waals surface area contributed by atoms with Crippen LogP contribution in [0.4, 0.5) is 13.2 Å². The lowest BCUT2D eigenvalue weighted by molar-refractivity contribution is -0.130. The van der Waals surface area contributed by atoms with Gasteiger partial charge in [-0.25, -0.2) is 4.98 Å². The Morgan fingerprint density at radius 1 is 1.31 bits per heavy atom. The standard InChI is InChI=1S/C10H7ClF3NS/c11-8(10(12,13)14)5-9-15-6-3-1-2-4-7(6)16-9/h1-4,8H,5H2. The van der Waals surface area contributed by atoms with Gasteiger partial charge in [0.15, 0.2) is 0 Å². The fraction of sp³-hybridized carbons (Fsp3) is 0.300. The largest absolute Gasteiger partial charge is 0.405 e. The van der Waals surface area contributed by atoms with Crippen molar-refractivity contribution >= 4 is 33.2 Å². The van der Waals surface area contributed by atoms with E-state index in [1.165, 1.54) is 11.3 Å². The van der Waals surface area contributed by atoms with Gasteiger partial charge in [0.2, 0.25) is 0 Å². The van der Waals surface area contributed by atoms with E-state index in [1.54, 1.807) is 12.1 Å². The van der Waals surface area contributed by atoms with Crippen molar-refractivity contribution in [3.8, 4) is 0 Å². The normalized spacial score (nSPS) is 14.2. The predicted molar refractivity (Wildman–Crippen MR) is 59.0 cm³/mol. The van der Waals surface area contributed by atoms with Crippen molar-refractivity contribution in [3.05, 3.63) is 29.3 Å². The van der Waals surface area contributed by atoms with Gasteiger partial charge in [-0.05, 0) is 12.1 Å². The van der Waals surface area contributed by atoms with Gasteiger partial charge in [0, 0.05) is 6.42 Å². The lowest BCUT2D eigenvalue weighted by atomic mass is 10.3. The molecule has 0 amide bonds. The second kappa shape index (κ2) is 4.22. The van der Waals surface area contributed by atoms with Crippen LogP contribution in [0, 0.1) is 0 Å².